The van der Waals surface area contributed by atoms with E-state index >= 15 is 0 Å². The molecule has 0 bridgehead atoms. The van der Waals surface area contributed by atoms with Crippen molar-refractivity contribution in [2.75, 3.05) is 13.2 Å². The van der Waals surface area contributed by atoms with Crippen molar-refractivity contribution in [1.82, 2.24) is 20.6 Å². The second-order valence-corrected chi connectivity index (χ2v) is 12.4. The highest BCUT2D eigenvalue weighted by Gasteiger charge is 2.27. The van der Waals surface area contributed by atoms with Gasteiger partial charge < -0.3 is 30.1 Å². The summed E-state index contributed by atoms with van der Waals surface area (Å²) in [6, 6.07) is 0. The number of carbonyl (C=O) groups excluding carboxylic acids is 4. The van der Waals surface area contributed by atoms with Crippen LogP contribution in [0.15, 0.2) is 33.7 Å². The van der Waals surface area contributed by atoms with E-state index in [0.717, 1.165) is 91.6 Å². The fourth-order valence-corrected chi connectivity index (χ4v) is 7.04. The first kappa shape index (κ1) is 37.2. The van der Waals surface area contributed by atoms with Gasteiger partial charge in [0.05, 0.1) is 13.2 Å². The zero-order valence-corrected chi connectivity index (χ0v) is 30.4. The lowest BCUT2D eigenvalue weighted by atomic mass is 9.98. The second-order valence-electron chi connectivity index (χ2n) is 12.4. The highest BCUT2D eigenvalue weighted by atomic mass is 16.5. The normalized spacial score (nSPS) is 16.3. The molecule has 0 saturated carbocycles. The standard InChI is InChI=1S/C39H52N4O6/c1-9-24-26(11-3)38(46)42-32(24)19-30-22(7)28(15-17-36(44)48-13-5)34(40-30)21-35-29(16-18-37(45)49-14-6)23(8)31(41-35)20-33-25(10-2)27(12-4)39(47)43-33/h19-20,40-41H,9-18,21H2,1-8H3,(H,42,46)(H,43,47)/b32-19-,33-20-. The number of rotatable bonds is 16. The van der Waals surface area contributed by atoms with Crippen molar-refractivity contribution in [1.29, 1.82) is 0 Å². The first-order valence-corrected chi connectivity index (χ1v) is 17.7. The minimum Gasteiger partial charge on any atom is -0.466 e. The molecule has 0 spiro atoms. The smallest absolute Gasteiger partial charge is 0.306 e. The summed E-state index contributed by atoms with van der Waals surface area (Å²) in [6.07, 6.45) is 8.67. The number of aromatic amines is 2. The van der Waals surface area contributed by atoms with Crippen molar-refractivity contribution in [2.24, 2.45) is 0 Å². The summed E-state index contributed by atoms with van der Waals surface area (Å²) in [6.45, 7) is 16.4. The van der Waals surface area contributed by atoms with E-state index in [1.165, 1.54) is 0 Å². The molecule has 2 aromatic rings. The Balaban J connectivity index is 1.81. The Morgan fingerprint density at radius 2 is 0.959 bits per heavy atom. The van der Waals surface area contributed by atoms with Gasteiger partial charge in [-0.3, -0.25) is 19.2 Å². The average Bonchev–Trinajstić information content (AvgIpc) is 3.74. The Labute approximate surface area is 289 Å². The highest BCUT2D eigenvalue weighted by Crippen LogP contribution is 2.33. The fraction of sp³-hybridized carbons (Fsp3) is 0.487. The molecule has 10 nitrogen and oxygen atoms in total. The number of aromatic nitrogens is 2. The molecule has 2 aromatic heterocycles. The van der Waals surface area contributed by atoms with Crippen LogP contribution in [0, 0.1) is 13.8 Å². The SMILES string of the molecule is CCOC(=O)CCc1c(Cc2[nH]c(/C=C3\NC(=O)C(CC)=C3CC)c(C)c2CCC(=O)OCC)[nH]c(/C=C2\NC(=O)C(CC)=C2CC)c1C. The van der Waals surface area contributed by atoms with Crippen molar-refractivity contribution in [2.45, 2.75) is 113 Å². The van der Waals surface area contributed by atoms with Crippen LogP contribution in [0.2, 0.25) is 0 Å². The minimum absolute atomic E-state index is 0.0575. The number of hydrogen-bond acceptors (Lipinski definition) is 6. The molecule has 49 heavy (non-hydrogen) atoms. The van der Waals surface area contributed by atoms with E-state index in [0.29, 0.717) is 45.3 Å². The van der Waals surface area contributed by atoms with Crippen LogP contribution in [-0.4, -0.2) is 46.9 Å². The number of nitrogens with one attached hydrogen (secondary N) is 4. The summed E-state index contributed by atoms with van der Waals surface area (Å²) in [4.78, 5) is 57.6. The Kier molecular flexibility index (Phi) is 12.7. The van der Waals surface area contributed by atoms with Gasteiger partial charge in [0, 0.05) is 64.6 Å². The van der Waals surface area contributed by atoms with E-state index < -0.39 is 0 Å². The molecule has 2 amide bonds. The first-order valence-electron chi connectivity index (χ1n) is 17.7. The minimum atomic E-state index is -0.259. The van der Waals surface area contributed by atoms with Gasteiger partial charge in [0.2, 0.25) is 0 Å². The Morgan fingerprint density at radius 1 is 0.592 bits per heavy atom. The van der Waals surface area contributed by atoms with Gasteiger partial charge in [-0.1, -0.05) is 27.7 Å². The first-order chi connectivity index (χ1) is 23.5. The van der Waals surface area contributed by atoms with E-state index in [1.807, 2.05) is 39.8 Å². The molecule has 10 heteroatoms. The third kappa shape index (κ3) is 8.17. The Hall–Kier alpha value is -4.60. The summed E-state index contributed by atoms with van der Waals surface area (Å²) >= 11 is 0. The van der Waals surface area contributed by atoms with E-state index in [1.54, 1.807) is 13.8 Å². The van der Waals surface area contributed by atoms with Gasteiger partial charge >= 0.3 is 11.9 Å². The van der Waals surface area contributed by atoms with Crippen LogP contribution in [0.3, 0.4) is 0 Å². The number of esters is 2. The summed E-state index contributed by atoms with van der Waals surface area (Å²) in [7, 11) is 0. The van der Waals surface area contributed by atoms with E-state index in [-0.39, 0.29) is 36.6 Å². The third-order valence-corrected chi connectivity index (χ3v) is 9.55. The van der Waals surface area contributed by atoms with Crippen LogP contribution < -0.4 is 10.6 Å². The number of ether oxygens (including phenoxy) is 2. The molecule has 0 fully saturated rings. The van der Waals surface area contributed by atoms with Crippen molar-refractivity contribution in [3.8, 4) is 0 Å². The van der Waals surface area contributed by atoms with Crippen LogP contribution in [0.5, 0.6) is 0 Å². The number of H-pyrrole nitrogens is 2. The zero-order valence-electron chi connectivity index (χ0n) is 30.4. The van der Waals surface area contributed by atoms with Gasteiger partial charge in [0.1, 0.15) is 0 Å². The molecule has 264 valence electrons. The van der Waals surface area contributed by atoms with Crippen LogP contribution in [0.1, 0.15) is 125 Å². The molecular weight excluding hydrogens is 620 g/mol. The lowest BCUT2D eigenvalue weighted by Crippen LogP contribution is -2.16. The lowest BCUT2D eigenvalue weighted by molar-refractivity contribution is -0.144. The maximum absolute atomic E-state index is 12.7. The molecule has 4 rings (SSSR count). The Morgan fingerprint density at radius 3 is 1.29 bits per heavy atom. The van der Waals surface area contributed by atoms with Gasteiger partial charge in [0.15, 0.2) is 0 Å². The predicted octanol–water partition coefficient (Wildman–Crippen LogP) is 6.72. The predicted molar refractivity (Wildman–Crippen MR) is 191 cm³/mol. The van der Waals surface area contributed by atoms with Gasteiger partial charge in [0.25, 0.3) is 11.8 Å². The van der Waals surface area contributed by atoms with Crippen LogP contribution in [-0.2, 0) is 47.9 Å². The van der Waals surface area contributed by atoms with Gasteiger partial charge in [-0.15, -0.1) is 0 Å². The van der Waals surface area contributed by atoms with Gasteiger partial charge in [-0.25, -0.2) is 0 Å². The second kappa shape index (κ2) is 16.7. The van der Waals surface area contributed by atoms with E-state index in [4.69, 9.17) is 9.47 Å². The molecule has 0 atom stereocenters. The molecule has 4 heterocycles. The molecule has 4 N–H and O–H groups in total. The van der Waals surface area contributed by atoms with Gasteiger partial charge in [-0.05, 0) is 112 Å². The molecule has 0 radical (unpaired) electrons. The summed E-state index contributed by atoms with van der Waals surface area (Å²) in [5.41, 5.74) is 12.9. The maximum Gasteiger partial charge on any atom is 0.306 e. The quantitative estimate of drug-likeness (QED) is 0.146. The summed E-state index contributed by atoms with van der Waals surface area (Å²) in [5, 5.41) is 6.10. The van der Waals surface area contributed by atoms with Crippen LogP contribution in [0.25, 0.3) is 12.2 Å². The molecule has 0 saturated heterocycles. The van der Waals surface area contributed by atoms with Crippen molar-refractivity contribution < 1.29 is 28.7 Å². The van der Waals surface area contributed by atoms with Crippen LogP contribution in [0.4, 0.5) is 0 Å². The summed E-state index contributed by atoms with van der Waals surface area (Å²) < 4.78 is 10.5. The van der Waals surface area contributed by atoms with E-state index in [9.17, 15) is 19.2 Å². The number of amides is 2. The highest BCUT2D eigenvalue weighted by molar-refractivity contribution is 6.02. The number of carbonyl (C=O) groups is 4. The van der Waals surface area contributed by atoms with Crippen molar-refractivity contribution >= 4 is 35.9 Å². The topological polar surface area (TPSA) is 142 Å². The largest absolute Gasteiger partial charge is 0.466 e. The average molecular weight is 673 g/mol. The Bertz CT molecular complexity index is 1620. The molecule has 2 aliphatic rings. The molecular formula is C39H52N4O6. The molecule has 0 unspecified atom stereocenters. The molecule has 2 aliphatic heterocycles. The van der Waals surface area contributed by atoms with Crippen molar-refractivity contribution in [3.63, 3.8) is 0 Å². The van der Waals surface area contributed by atoms with E-state index in [2.05, 4.69) is 34.4 Å². The fourth-order valence-electron chi connectivity index (χ4n) is 7.04. The van der Waals surface area contributed by atoms with Crippen LogP contribution >= 0.6 is 0 Å². The third-order valence-electron chi connectivity index (χ3n) is 9.55. The molecule has 0 aliphatic carbocycles. The maximum atomic E-state index is 12.7. The zero-order chi connectivity index (χ0) is 35.8. The monoisotopic (exact) mass is 672 g/mol. The van der Waals surface area contributed by atoms with Gasteiger partial charge in [-0.2, -0.15) is 0 Å². The lowest BCUT2D eigenvalue weighted by Gasteiger charge is -2.08. The molecule has 0 aromatic carbocycles. The number of allylic oxidation sites excluding steroid dienone is 2. The van der Waals surface area contributed by atoms with Crippen molar-refractivity contribution in [3.05, 3.63) is 78.7 Å². The summed E-state index contributed by atoms with van der Waals surface area (Å²) in [5.74, 6) is -0.633. The number of hydrogen-bond donors (Lipinski definition) is 4.